The van der Waals surface area contributed by atoms with E-state index in [1.807, 2.05) is 18.2 Å². The van der Waals surface area contributed by atoms with Gasteiger partial charge in [-0.2, -0.15) is 12.2 Å². The number of benzene rings is 1. The molecule has 0 bridgehead atoms. The summed E-state index contributed by atoms with van der Waals surface area (Å²) in [7, 11) is 0. The minimum Gasteiger partial charge on any atom is -1.00 e. The number of rotatable bonds is 2. The fourth-order valence-corrected chi connectivity index (χ4v) is 1.73. The molecule has 2 aliphatic carbocycles. The molecule has 90 valence electrons. The summed E-state index contributed by atoms with van der Waals surface area (Å²) in [4.78, 5) is 0. The first-order chi connectivity index (χ1) is 8.45. The van der Waals surface area contributed by atoms with Crippen LogP contribution in [0.4, 0.5) is 0 Å². The van der Waals surface area contributed by atoms with Gasteiger partial charge in [-0.05, 0) is 12.0 Å². The van der Waals surface area contributed by atoms with Crippen LogP contribution in [0, 0.1) is 12.2 Å². The van der Waals surface area contributed by atoms with Crippen LogP contribution in [-0.2, 0) is 32.3 Å². The Kier molecular flexibility index (Phi) is 7.59. The zero-order valence-corrected chi connectivity index (χ0v) is 14.0. The van der Waals surface area contributed by atoms with Gasteiger partial charge in [-0.25, -0.2) is 23.8 Å². The van der Waals surface area contributed by atoms with E-state index in [-0.39, 0.29) is 28.7 Å². The first-order valence-corrected chi connectivity index (χ1v) is 5.97. The van der Waals surface area contributed by atoms with Crippen LogP contribution >= 0.6 is 0 Å². The van der Waals surface area contributed by atoms with Crippen molar-refractivity contribution in [1.29, 1.82) is 0 Å². The Morgan fingerprint density at radius 3 is 2.39 bits per heavy atom. The smallest absolute Gasteiger partial charge is 1.00 e. The molecule has 1 aromatic carbocycles. The topological polar surface area (TPSA) is 0 Å². The maximum Gasteiger partial charge on any atom is 4.00 e. The molecule has 0 aliphatic heterocycles. The molecule has 0 aromatic heterocycles. The Morgan fingerprint density at radius 2 is 1.89 bits per heavy atom. The van der Waals surface area contributed by atoms with E-state index in [1.54, 1.807) is 0 Å². The second-order valence-electron chi connectivity index (χ2n) is 3.97. The molecule has 0 radical (unpaired) electrons. The van der Waals surface area contributed by atoms with Gasteiger partial charge < -0.3 is 2.85 Å². The zero-order chi connectivity index (χ0) is 11.8. The quantitative estimate of drug-likeness (QED) is 0.508. The minimum absolute atomic E-state index is 0. The van der Waals surface area contributed by atoms with Crippen molar-refractivity contribution in [2.75, 3.05) is 0 Å². The van der Waals surface area contributed by atoms with Crippen LogP contribution in [0.3, 0.4) is 0 Å². The first kappa shape index (κ1) is 15.1. The van der Waals surface area contributed by atoms with Gasteiger partial charge in [0.1, 0.15) is 0 Å². The van der Waals surface area contributed by atoms with Crippen LogP contribution in [0.25, 0.3) is 0 Å². The maximum absolute atomic E-state index is 3.31. The van der Waals surface area contributed by atoms with Crippen LogP contribution in [-0.4, -0.2) is 0 Å². The van der Waals surface area contributed by atoms with Gasteiger partial charge in [0.05, 0.1) is 0 Å². The van der Waals surface area contributed by atoms with E-state index >= 15 is 0 Å². The molecule has 18 heavy (non-hydrogen) atoms. The molecular formula is C17H18Hf. The Balaban J connectivity index is 0. The molecule has 0 amide bonds. The van der Waals surface area contributed by atoms with E-state index in [1.165, 1.54) is 11.1 Å². The molecule has 0 fully saturated rings. The van der Waals surface area contributed by atoms with E-state index in [0.717, 1.165) is 19.3 Å². The van der Waals surface area contributed by atoms with Crippen LogP contribution < -0.4 is 0 Å². The van der Waals surface area contributed by atoms with E-state index < -0.39 is 0 Å². The molecule has 1 heteroatoms. The fraction of sp³-hybridized carbons (Fsp3) is 0.176. The van der Waals surface area contributed by atoms with Crippen molar-refractivity contribution in [2.24, 2.45) is 0 Å². The van der Waals surface area contributed by atoms with E-state index in [4.69, 9.17) is 0 Å². The minimum atomic E-state index is 0. The van der Waals surface area contributed by atoms with Gasteiger partial charge in [-0.15, -0.1) is 12.8 Å². The molecule has 0 saturated carbocycles. The van der Waals surface area contributed by atoms with Gasteiger partial charge in [0.25, 0.3) is 0 Å². The molecule has 0 spiro atoms. The summed E-state index contributed by atoms with van der Waals surface area (Å²) in [6.07, 6.45) is 19.6. The maximum atomic E-state index is 3.31. The molecule has 3 rings (SSSR count). The molecule has 0 atom stereocenters. The monoisotopic (exact) mass is 402 g/mol. The van der Waals surface area contributed by atoms with Crippen molar-refractivity contribution >= 4 is 0 Å². The Morgan fingerprint density at radius 1 is 1.06 bits per heavy atom. The van der Waals surface area contributed by atoms with Crippen LogP contribution in [0.2, 0.25) is 0 Å². The third-order valence-electron chi connectivity index (χ3n) is 2.59. The van der Waals surface area contributed by atoms with Crippen LogP contribution in [0.15, 0.2) is 66.3 Å². The predicted molar refractivity (Wildman–Crippen MR) is 74.5 cm³/mol. The van der Waals surface area contributed by atoms with E-state index in [9.17, 15) is 0 Å². The zero-order valence-electron chi connectivity index (χ0n) is 12.4. The summed E-state index contributed by atoms with van der Waals surface area (Å²) in [5.41, 5.74) is 2.69. The largest absolute Gasteiger partial charge is 4.00 e. The molecule has 0 nitrogen and oxygen atoms in total. The number of hydrogen-bond acceptors (Lipinski definition) is 0. The standard InChI is InChI=1S/C12H11.C5H5.Hf.2H/c1-2-6-11(7-3-1)10-12-8-4-5-9-12;1-2-4-5-3-1;;;/h1-4,6-8H,5,10H2;1-3H,4H2;;;/q2*-1;+4;2*-1. The van der Waals surface area contributed by atoms with Gasteiger partial charge in [-0.1, -0.05) is 30.3 Å². The van der Waals surface area contributed by atoms with Gasteiger partial charge in [0.2, 0.25) is 0 Å². The van der Waals surface area contributed by atoms with Crippen molar-refractivity contribution in [3.63, 3.8) is 0 Å². The Labute approximate surface area is 132 Å². The molecule has 1 aromatic rings. The SMILES string of the molecule is [C-]1=C(Cc2ccccc2)C=CC1.[C-]1=CC=CC1.[H-].[H-].[Hf+4]. The number of allylic oxidation sites excluding steroid dienone is 8. The van der Waals surface area contributed by atoms with Crippen molar-refractivity contribution in [1.82, 2.24) is 0 Å². The average Bonchev–Trinajstić information content (AvgIpc) is 3.06. The Bertz CT molecular complexity index is 449. The predicted octanol–water partition coefficient (Wildman–Crippen LogP) is 4.45. The second-order valence-corrected chi connectivity index (χ2v) is 3.97. The van der Waals surface area contributed by atoms with Crippen LogP contribution in [0.1, 0.15) is 21.3 Å². The van der Waals surface area contributed by atoms with Gasteiger partial charge in [0, 0.05) is 0 Å². The van der Waals surface area contributed by atoms with Gasteiger partial charge in [0.15, 0.2) is 0 Å². The molecule has 0 heterocycles. The number of hydrogen-bond donors (Lipinski definition) is 0. The van der Waals surface area contributed by atoms with Crippen molar-refractivity contribution < 1.29 is 28.7 Å². The third kappa shape index (κ3) is 5.59. The van der Waals surface area contributed by atoms with Gasteiger partial charge in [-0.3, -0.25) is 12.2 Å². The van der Waals surface area contributed by atoms with Crippen molar-refractivity contribution in [3.05, 3.63) is 84.0 Å². The average molecular weight is 401 g/mol. The van der Waals surface area contributed by atoms with Crippen molar-refractivity contribution in [2.45, 2.75) is 19.3 Å². The van der Waals surface area contributed by atoms with Gasteiger partial charge >= 0.3 is 25.8 Å². The summed E-state index contributed by atoms with van der Waals surface area (Å²) < 4.78 is 0. The summed E-state index contributed by atoms with van der Waals surface area (Å²) in [6, 6.07) is 10.5. The summed E-state index contributed by atoms with van der Waals surface area (Å²) in [5.74, 6) is 0. The molecule has 0 N–H and O–H groups in total. The normalized spacial score (nSPS) is 14.8. The second kappa shape index (κ2) is 9.04. The molecular weight excluding hydrogens is 383 g/mol. The molecule has 0 unspecified atom stereocenters. The first-order valence-electron chi connectivity index (χ1n) is 5.97. The third-order valence-corrected chi connectivity index (χ3v) is 2.59. The van der Waals surface area contributed by atoms with E-state index in [2.05, 4.69) is 54.6 Å². The summed E-state index contributed by atoms with van der Waals surface area (Å²) in [5, 5.41) is 0. The fourth-order valence-electron chi connectivity index (χ4n) is 1.73. The molecule has 2 aliphatic rings. The Hall–Kier alpha value is -0.950. The summed E-state index contributed by atoms with van der Waals surface area (Å²) in [6.45, 7) is 0. The summed E-state index contributed by atoms with van der Waals surface area (Å²) >= 11 is 0. The van der Waals surface area contributed by atoms with Crippen LogP contribution in [0.5, 0.6) is 0 Å². The van der Waals surface area contributed by atoms with Crippen molar-refractivity contribution in [3.8, 4) is 0 Å². The van der Waals surface area contributed by atoms with E-state index in [0.29, 0.717) is 0 Å². The molecule has 0 saturated heterocycles.